The van der Waals surface area contributed by atoms with E-state index in [0.29, 0.717) is 5.02 Å². The van der Waals surface area contributed by atoms with Crippen LogP contribution in [0.1, 0.15) is 28.4 Å². The summed E-state index contributed by atoms with van der Waals surface area (Å²) >= 11 is 7.95. The van der Waals surface area contributed by atoms with E-state index in [1.54, 1.807) is 6.20 Å². The molecule has 0 aromatic carbocycles. The van der Waals surface area contributed by atoms with Crippen LogP contribution in [0.5, 0.6) is 0 Å². The molecule has 3 N–H and O–H groups in total. The molecule has 2 rings (SSSR count). The van der Waals surface area contributed by atoms with E-state index < -0.39 is 0 Å². The Morgan fingerprint density at radius 3 is 2.78 bits per heavy atom. The van der Waals surface area contributed by atoms with Crippen molar-refractivity contribution in [2.24, 2.45) is 5.84 Å². The van der Waals surface area contributed by atoms with Crippen molar-refractivity contribution in [2.45, 2.75) is 25.8 Å². The van der Waals surface area contributed by atoms with E-state index in [2.05, 4.69) is 29.5 Å². The van der Waals surface area contributed by atoms with Crippen molar-refractivity contribution in [3.63, 3.8) is 0 Å². The van der Waals surface area contributed by atoms with Gasteiger partial charge in [-0.05, 0) is 30.7 Å². The number of aryl methyl sites for hydroxylation is 1. The average molecular weight is 282 g/mol. The van der Waals surface area contributed by atoms with Crippen LogP contribution in [-0.4, -0.2) is 4.98 Å². The molecule has 0 fully saturated rings. The van der Waals surface area contributed by atoms with Crippen molar-refractivity contribution >= 4 is 22.9 Å². The predicted octanol–water partition coefficient (Wildman–Crippen LogP) is 3.11. The summed E-state index contributed by atoms with van der Waals surface area (Å²) in [6.45, 7) is 2.16. The molecule has 0 spiro atoms. The predicted molar refractivity (Wildman–Crippen MR) is 76.7 cm³/mol. The molecule has 2 aromatic rings. The molecule has 5 heteroatoms. The molecule has 0 aliphatic carbocycles. The molecular weight excluding hydrogens is 266 g/mol. The van der Waals surface area contributed by atoms with Crippen molar-refractivity contribution in [3.8, 4) is 0 Å². The smallest absolute Gasteiger partial charge is 0.0776 e. The van der Waals surface area contributed by atoms with Crippen LogP contribution in [0.4, 0.5) is 0 Å². The molecule has 0 saturated heterocycles. The van der Waals surface area contributed by atoms with Gasteiger partial charge in [-0.3, -0.25) is 16.3 Å². The Bertz CT molecular complexity index is 512. The first kappa shape index (κ1) is 13.5. The number of thiophene rings is 1. The third kappa shape index (κ3) is 3.09. The quantitative estimate of drug-likeness (QED) is 0.654. The first-order valence-corrected chi connectivity index (χ1v) is 7.08. The summed E-state index contributed by atoms with van der Waals surface area (Å²) in [5, 5.41) is 0.646. The first-order chi connectivity index (χ1) is 8.74. The van der Waals surface area contributed by atoms with Crippen LogP contribution in [0.15, 0.2) is 30.5 Å². The third-order valence-electron chi connectivity index (χ3n) is 2.79. The van der Waals surface area contributed by atoms with Gasteiger partial charge < -0.3 is 0 Å². The summed E-state index contributed by atoms with van der Waals surface area (Å²) < 4.78 is 0. The number of nitrogens with two attached hydrogens (primary N) is 1. The molecule has 0 aliphatic rings. The van der Waals surface area contributed by atoms with E-state index in [1.807, 2.05) is 23.5 Å². The van der Waals surface area contributed by atoms with Crippen LogP contribution in [0.2, 0.25) is 5.02 Å². The zero-order chi connectivity index (χ0) is 13.0. The maximum absolute atomic E-state index is 6.14. The molecule has 2 heterocycles. The van der Waals surface area contributed by atoms with Gasteiger partial charge in [0.05, 0.1) is 16.8 Å². The van der Waals surface area contributed by atoms with Gasteiger partial charge in [-0.25, -0.2) is 0 Å². The molecule has 0 aliphatic heterocycles. The Kier molecular flexibility index (Phi) is 4.72. The Labute approximate surface area is 116 Å². The lowest BCUT2D eigenvalue weighted by atomic mass is 10.1. The molecule has 0 radical (unpaired) electrons. The van der Waals surface area contributed by atoms with Crippen molar-refractivity contribution in [1.29, 1.82) is 0 Å². The van der Waals surface area contributed by atoms with E-state index in [-0.39, 0.29) is 6.04 Å². The summed E-state index contributed by atoms with van der Waals surface area (Å²) in [6.07, 6.45) is 3.60. The SMILES string of the molecule is CCc1ccc(CC(NN)c2ncccc2Cl)s1. The second-order valence-electron chi connectivity index (χ2n) is 4.02. The number of nitrogens with zero attached hydrogens (tertiary/aromatic N) is 1. The monoisotopic (exact) mass is 281 g/mol. The lowest BCUT2D eigenvalue weighted by Gasteiger charge is -2.15. The summed E-state index contributed by atoms with van der Waals surface area (Å²) in [4.78, 5) is 6.97. The highest BCUT2D eigenvalue weighted by molar-refractivity contribution is 7.11. The number of aromatic nitrogens is 1. The van der Waals surface area contributed by atoms with Crippen molar-refractivity contribution in [1.82, 2.24) is 10.4 Å². The Hall–Kier alpha value is -0.940. The summed E-state index contributed by atoms with van der Waals surface area (Å²) in [5.41, 5.74) is 3.59. The van der Waals surface area contributed by atoms with Crippen LogP contribution < -0.4 is 11.3 Å². The van der Waals surface area contributed by atoms with Crippen molar-refractivity contribution < 1.29 is 0 Å². The van der Waals surface area contributed by atoms with Crippen molar-refractivity contribution in [2.75, 3.05) is 0 Å². The molecule has 2 aromatic heterocycles. The second-order valence-corrected chi connectivity index (χ2v) is 5.68. The fraction of sp³-hybridized carbons (Fsp3) is 0.308. The molecule has 96 valence electrons. The Morgan fingerprint density at radius 1 is 1.39 bits per heavy atom. The minimum absolute atomic E-state index is 0.0537. The standard InChI is InChI=1S/C13H16ClN3S/c1-2-9-5-6-10(18-9)8-12(17-15)13-11(14)4-3-7-16-13/h3-7,12,17H,2,8,15H2,1H3. The number of nitrogens with one attached hydrogen (secondary N) is 1. The highest BCUT2D eigenvalue weighted by Gasteiger charge is 2.16. The maximum atomic E-state index is 6.14. The number of hydrogen-bond donors (Lipinski definition) is 2. The molecule has 18 heavy (non-hydrogen) atoms. The van der Waals surface area contributed by atoms with Gasteiger partial charge in [0.15, 0.2) is 0 Å². The zero-order valence-electron chi connectivity index (χ0n) is 10.2. The molecule has 1 atom stereocenters. The molecule has 1 unspecified atom stereocenters. The van der Waals surface area contributed by atoms with Gasteiger partial charge in [-0.15, -0.1) is 11.3 Å². The minimum atomic E-state index is -0.0537. The fourth-order valence-corrected chi connectivity index (χ4v) is 3.07. The van der Waals surface area contributed by atoms with E-state index in [1.165, 1.54) is 9.75 Å². The molecule has 3 nitrogen and oxygen atoms in total. The third-order valence-corrected chi connectivity index (χ3v) is 4.36. The fourth-order valence-electron chi connectivity index (χ4n) is 1.81. The maximum Gasteiger partial charge on any atom is 0.0776 e. The van der Waals surface area contributed by atoms with Gasteiger partial charge in [0, 0.05) is 22.4 Å². The number of rotatable bonds is 5. The van der Waals surface area contributed by atoms with E-state index >= 15 is 0 Å². The molecule has 0 amide bonds. The number of halogens is 1. The van der Waals surface area contributed by atoms with Gasteiger partial charge in [-0.1, -0.05) is 18.5 Å². The number of hydrogen-bond acceptors (Lipinski definition) is 4. The van der Waals surface area contributed by atoms with Gasteiger partial charge in [-0.2, -0.15) is 0 Å². The molecular formula is C13H16ClN3S. The highest BCUT2D eigenvalue weighted by atomic mass is 35.5. The summed E-state index contributed by atoms with van der Waals surface area (Å²) in [5.74, 6) is 5.62. The molecule has 0 saturated carbocycles. The second kappa shape index (κ2) is 6.29. The van der Waals surface area contributed by atoms with Gasteiger partial charge in [0.25, 0.3) is 0 Å². The summed E-state index contributed by atoms with van der Waals surface area (Å²) in [6, 6.07) is 7.90. The van der Waals surface area contributed by atoms with Gasteiger partial charge >= 0.3 is 0 Å². The van der Waals surface area contributed by atoms with Gasteiger partial charge in [0.1, 0.15) is 0 Å². The number of hydrazine groups is 1. The van der Waals surface area contributed by atoms with Crippen LogP contribution in [-0.2, 0) is 12.8 Å². The number of pyridine rings is 1. The lowest BCUT2D eigenvalue weighted by Crippen LogP contribution is -2.30. The highest BCUT2D eigenvalue weighted by Crippen LogP contribution is 2.26. The average Bonchev–Trinajstić information content (AvgIpc) is 2.85. The van der Waals surface area contributed by atoms with E-state index in [0.717, 1.165) is 18.5 Å². The Balaban J connectivity index is 2.17. The van der Waals surface area contributed by atoms with Crippen LogP contribution in [0, 0.1) is 0 Å². The minimum Gasteiger partial charge on any atom is -0.271 e. The Morgan fingerprint density at radius 2 is 2.17 bits per heavy atom. The normalized spacial score (nSPS) is 12.6. The topological polar surface area (TPSA) is 50.9 Å². The van der Waals surface area contributed by atoms with Gasteiger partial charge in [0.2, 0.25) is 0 Å². The first-order valence-electron chi connectivity index (χ1n) is 5.88. The van der Waals surface area contributed by atoms with Crippen LogP contribution >= 0.6 is 22.9 Å². The largest absolute Gasteiger partial charge is 0.271 e. The van der Waals surface area contributed by atoms with E-state index in [4.69, 9.17) is 17.4 Å². The lowest BCUT2D eigenvalue weighted by molar-refractivity contribution is 0.542. The molecule has 0 bridgehead atoms. The van der Waals surface area contributed by atoms with Crippen LogP contribution in [0.25, 0.3) is 0 Å². The van der Waals surface area contributed by atoms with Crippen molar-refractivity contribution in [3.05, 3.63) is 50.9 Å². The summed E-state index contributed by atoms with van der Waals surface area (Å²) in [7, 11) is 0. The zero-order valence-corrected chi connectivity index (χ0v) is 11.8. The van der Waals surface area contributed by atoms with Crippen LogP contribution in [0.3, 0.4) is 0 Å². The van der Waals surface area contributed by atoms with E-state index in [9.17, 15) is 0 Å².